The largest absolute Gasteiger partial charge is 0.383 e. The summed E-state index contributed by atoms with van der Waals surface area (Å²) in [7, 11) is 1.66. The van der Waals surface area contributed by atoms with E-state index in [9.17, 15) is 4.39 Å². The summed E-state index contributed by atoms with van der Waals surface area (Å²) >= 11 is 0. The average Bonchev–Trinajstić information content (AvgIpc) is 3.20. The van der Waals surface area contributed by atoms with E-state index in [0.29, 0.717) is 48.7 Å². The van der Waals surface area contributed by atoms with Gasteiger partial charge in [-0.25, -0.2) is 14.4 Å². The number of aromatic nitrogens is 5. The second-order valence-electron chi connectivity index (χ2n) is 7.05. The van der Waals surface area contributed by atoms with Crippen molar-refractivity contribution in [2.24, 2.45) is 0 Å². The van der Waals surface area contributed by atoms with E-state index in [0.717, 1.165) is 18.5 Å². The molecule has 0 radical (unpaired) electrons. The molecule has 1 fully saturated rings. The van der Waals surface area contributed by atoms with Gasteiger partial charge in [-0.05, 0) is 25.5 Å². The third-order valence-corrected chi connectivity index (χ3v) is 4.90. The number of methoxy groups -OCH3 is 1. The van der Waals surface area contributed by atoms with Crippen LogP contribution in [-0.4, -0.2) is 63.8 Å². The van der Waals surface area contributed by atoms with Gasteiger partial charge in [-0.3, -0.25) is 9.67 Å². The quantitative estimate of drug-likeness (QED) is 0.643. The van der Waals surface area contributed by atoms with Crippen molar-refractivity contribution in [2.75, 3.05) is 38.7 Å². The van der Waals surface area contributed by atoms with Crippen LogP contribution in [0.25, 0.3) is 22.3 Å². The van der Waals surface area contributed by atoms with E-state index in [4.69, 9.17) is 9.72 Å². The molecule has 3 aromatic heterocycles. The van der Waals surface area contributed by atoms with Crippen LogP contribution in [0.2, 0.25) is 0 Å². The van der Waals surface area contributed by atoms with Gasteiger partial charge in [0, 0.05) is 37.8 Å². The van der Waals surface area contributed by atoms with Gasteiger partial charge < -0.3 is 15.4 Å². The number of nitrogens with one attached hydrogen (secondary N) is 2. The number of nitrogens with zero attached hydrogens (tertiary/aromatic N) is 5. The molecule has 1 saturated heterocycles. The lowest BCUT2D eigenvalue weighted by Crippen LogP contribution is -2.46. The van der Waals surface area contributed by atoms with Crippen LogP contribution in [0.1, 0.15) is 12.8 Å². The molecule has 1 aliphatic rings. The molecule has 0 spiro atoms. The van der Waals surface area contributed by atoms with Crippen molar-refractivity contribution in [3.8, 4) is 11.3 Å². The van der Waals surface area contributed by atoms with Gasteiger partial charge >= 0.3 is 0 Å². The van der Waals surface area contributed by atoms with Crippen LogP contribution in [0.3, 0.4) is 0 Å². The van der Waals surface area contributed by atoms with Crippen molar-refractivity contribution in [1.29, 1.82) is 0 Å². The predicted octanol–water partition coefficient (Wildman–Crippen LogP) is 2.04. The lowest BCUT2D eigenvalue weighted by atomic mass is 9.96. The average molecular weight is 385 g/mol. The minimum absolute atomic E-state index is 0.176. The molecule has 3 aromatic rings. The van der Waals surface area contributed by atoms with Crippen LogP contribution in [-0.2, 0) is 11.3 Å². The minimum atomic E-state index is -1.30. The fourth-order valence-corrected chi connectivity index (χ4v) is 3.37. The van der Waals surface area contributed by atoms with Gasteiger partial charge in [0.2, 0.25) is 0 Å². The highest BCUT2D eigenvalue weighted by atomic mass is 19.1. The normalized spacial score (nSPS) is 19.8. The maximum Gasteiger partial charge on any atom is 0.155 e. The number of halogens is 1. The molecule has 1 aliphatic heterocycles. The summed E-state index contributed by atoms with van der Waals surface area (Å²) in [6.07, 6.45) is 8.28. The Kier molecular flexibility index (Phi) is 5.45. The van der Waals surface area contributed by atoms with Crippen LogP contribution in [0.4, 0.5) is 10.2 Å². The zero-order valence-electron chi connectivity index (χ0n) is 15.9. The SMILES string of the molecule is COCCn1cc(-c2cc3nccnc3c(NCC3(F)CCCNC3)n2)cn1. The second-order valence-corrected chi connectivity index (χ2v) is 7.05. The first-order valence-electron chi connectivity index (χ1n) is 9.44. The smallest absolute Gasteiger partial charge is 0.155 e. The van der Waals surface area contributed by atoms with Crippen molar-refractivity contribution in [2.45, 2.75) is 25.1 Å². The zero-order valence-corrected chi connectivity index (χ0v) is 15.9. The number of hydrogen-bond donors (Lipinski definition) is 2. The molecule has 8 nitrogen and oxygen atoms in total. The Labute approximate surface area is 162 Å². The van der Waals surface area contributed by atoms with E-state index in [1.807, 2.05) is 12.3 Å². The van der Waals surface area contributed by atoms with Crippen molar-refractivity contribution >= 4 is 16.9 Å². The van der Waals surface area contributed by atoms with Crippen LogP contribution in [0.15, 0.2) is 30.9 Å². The third kappa shape index (κ3) is 4.10. The van der Waals surface area contributed by atoms with Crippen LogP contribution in [0.5, 0.6) is 0 Å². The molecule has 0 bridgehead atoms. The molecule has 4 heterocycles. The van der Waals surface area contributed by atoms with E-state index in [-0.39, 0.29) is 6.54 Å². The van der Waals surface area contributed by atoms with E-state index in [2.05, 4.69) is 25.7 Å². The van der Waals surface area contributed by atoms with E-state index in [1.54, 1.807) is 30.4 Å². The van der Waals surface area contributed by atoms with E-state index < -0.39 is 5.67 Å². The Bertz CT molecular complexity index is 939. The van der Waals surface area contributed by atoms with Crippen molar-refractivity contribution in [3.05, 3.63) is 30.9 Å². The molecule has 0 aliphatic carbocycles. The molecule has 0 aromatic carbocycles. The molecule has 9 heteroatoms. The number of ether oxygens (including phenoxy) is 1. The van der Waals surface area contributed by atoms with E-state index in [1.165, 1.54) is 0 Å². The molecular weight excluding hydrogens is 361 g/mol. The summed E-state index contributed by atoms with van der Waals surface area (Å²) < 4.78 is 21.9. The van der Waals surface area contributed by atoms with E-state index >= 15 is 0 Å². The zero-order chi connectivity index (χ0) is 19.4. The summed E-state index contributed by atoms with van der Waals surface area (Å²) in [5.74, 6) is 0.535. The maximum absolute atomic E-state index is 15.0. The van der Waals surface area contributed by atoms with Gasteiger partial charge in [0.15, 0.2) is 5.82 Å². The molecule has 1 atom stereocenters. The number of anilines is 1. The number of pyridine rings is 1. The molecule has 2 N–H and O–H groups in total. The first kappa shape index (κ1) is 18.7. The van der Waals surface area contributed by atoms with Gasteiger partial charge in [-0.2, -0.15) is 5.10 Å². The van der Waals surface area contributed by atoms with Gasteiger partial charge in [0.1, 0.15) is 11.2 Å². The minimum Gasteiger partial charge on any atom is -0.383 e. The molecule has 4 rings (SSSR count). The fraction of sp³-hybridized carbons (Fsp3) is 0.474. The van der Waals surface area contributed by atoms with Crippen LogP contribution >= 0.6 is 0 Å². The summed E-state index contributed by atoms with van der Waals surface area (Å²) in [4.78, 5) is 13.5. The summed E-state index contributed by atoms with van der Waals surface area (Å²) in [6, 6.07) is 1.87. The first-order valence-corrected chi connectivity index (χ1v) is 9.44. The Hall–Kier alpha value is -2.65. The highest BCUT2D eigenvalue weighted by molar-refractivity contribution is 5.88. The maximum atomic E-state index is 15.0. The fourth-order valence-electron chi connectivity index (χ4n) is 3.37. The molecule has 0 saturated carbocycles. The number of piperidine rings is 1. The molecule has 0 amide bonds. The highest BCUT2D eigenvalue weighted by Crippen LogP contribution is 2.27. The van der Waals surface area contributed by atoms with Crippen LogP contribution in [0, 0.1) is 0 Å². The summed E-state index contributed by atoms with van der Waals surface area (Å²) in [5, 5.41) is 10.6. The molecule has 28 heavy (non-hydrogen) atoms. The van der Waals surface area contributed by atoms with Gasteiger partial charge in [-0.15, -0.1) is 0 Å². The third-order valence-electron chi connectivity index (χ3n) is 4.90. The number of fused-ring (bicyclic) bond motifs is 1. The number of alkyl halides is 1. The Morgan fingerprint density at radius 2 is 2.25 bits per heavy atom. The lowest BCUT2D eigenvalue weighted by Gasteiger charge is -2.30. The number of hydrogen-bond acceptors (Lipinski definition) is 7. The highest BCUT2D eigenvalue weighted by Gasteiger charge is 2.31. The molecule has 1 unspecified atom stereocenters. The molecule has 148 valence electrons. The number of rotatable bonds is 7. The standard InChI is InChI=1S/C19H24FN7O/c1-28-8-7-27-11-14(10-25-27)15-9-16-17(23-6-5-22-16)18(26-15)24-13-19(20)3-2-4-21-12-19/h5-6,9-11,21H,2-4,7-8,12-13H2,1H3,(H,24,26). The summed E-state index contributed by atoms with van der Waals surface area (Å²) in [5.41, 5.74) is 1.62. The predicted molar refractivity (Wildman–Crippen MR) is 105 cm³/mol. The van der Waals surface area contributed by atoms with Crippen molar-refractivity contribution in [1.82, 2.24) is 30.0 Å². The van der Waals surface area contributed by atoms with Crippen LogP contribution < -0.4 is 10.6 Å². The monoisotopic (exact) mass is 385 g/mol. The Balaban J connectivity index is 1.62. The second kappa shape index (κ2) is 8.15. The Morgan fingerprint density at radius 3 is 3.07 bits per heavy atom. The van der Waals surface area contributed by atoms with Crippen molar-refractivity contribution in [3.63, 3.8) is 0 Å². The van der Waals surface area contributed by atoms with Gasteiger partial charge in [0.05, 0.1) is 37.1 Å². The Morgan fingerprint density at radius 1 is 1.36 bits per heavy atom. The summed E-state index contributed by atoms with van der Waals surface area (Å²) in [6.45, 7) is 2.62. The first-order chi connectivity index (χ1) is 13.7. The molecular formula is C19H24FN7O. The lowest BCUT2D eigenvalue weighted by molar-refractivity contribution is 0.137. The van der Waals surface area contributed by atoms with Crippen molar-refractivity contribution < 1.29 is 9.13 Å². The van der Waals surface area contributed by atoms with Gasteiger partial charge in [0.25, 0.3) is 0 Å². The topological polar surface area (TPSA) is 89.8 Å². The van der Waals surface area contributed by atoms with Gasteiger partial charge in [-0.1, -0.05) is 0 Å².